The first-order valence-electron chi connectivity index (χ1n) is 10.2. The van der Waals surface area contributed by atoms with Gasteiger partial charge in [0.05, 0.1) is 11.3 Å². The lowest BCUT2D eigenvalue weighted by Gasteiger charge is -2.30. The summed E-state index contributed by atoms with van der Waals surface area (Å²) in [5.41, 5.74) is 2.40. The summed E-state index contributed by atoms with van der Waals surface area (Å²) in [5, 5.41) is 5.20. The molecule has 1 aliphatic rings. The summed E-state index contributed by atoms with van der Waals surface area (Å²) in [4.78, 5) is 0. The third-order valence-electron chi connectivity index (χ3n) is 5.14. The van der Waals surface area contributed by atoms with Crippen LogP contribution in [0, 0.1) is 0 Å². The lowest BCUT2D eigenvalue weighted by atomic mass is 9.89. The normalized spacial score (nSPS) is 15.3. The van der Waals surface area contributed by atoms with Crippen molar-refractivity contribution < 1.29 is 31.4 Å². The molecule has 0 spiro atoms. The number of fused-ring (bicyclic) bond motifs is 3. The van der Waals surface area contributed by atoms with E-state index in [9.17, 15) is 17.2 Å². The van der Waals surface area contributed by atoms with Crippen LogP contribution in [0.15, 0.2) is 36.4 Å². The van der Waals surface area contributed by atoms with Crippen molar-refractivity contribution in [3.05, 3.63) is 47.5 Å². The van der Waals surface area contributed by atoms with Crippen molar-refractivity contribution in [3.63, 3.8) is 0 Å². The Kier molecular flexibility index (Phi) is 7.85. The summed E-state index contributed by atoms with van der Waals surface area (Å²) in [6.45, 7) is -2.25. The maximum absolute atomic E-state index is 12.9. The van der Waals surface area contributed by atoms with Crippen LogP contribution in [0.3, 0.4) is 0 Å². The van der Waals surface area contributed by atoms with Crippen LogP contribution >= 0.6 is 0 Å². The van der Waals surface area contributed by atoms with Crippen molar-refractivity contribution >= 4 is 10.0 Å². The van der Waals surface area contributed by atoms with E-state index in [1.807, 2.05) is 0 Å². The summed E-state index contributed by atoms with van der Waals surface area (Å²) < 4.78 is 64.9. The Labute approximate surface area is 181 Å². The number of hydrogen-bond donors (Lipinski definition) is 1. The van der Waals surface area contributed by atoms with Crippen LogP contribution in [-0.2, 0) is 20.5 Å². The lowest BCUT2D eigenvalue weighted by molar-refractivity contribution is -0.0496. The van der Waals surface area contributed by atoms with Gasteiger partial charge in [-0.05, 0) is 42.5 Å². The number of unbranched alkanes of at least 4 members (excludes halogenated alkanes) is 3. The largest absolute Gasteiger partial charge is 0.485 e. The minimum absolute atomic E-state index is 0.0194. The molecule has 1 unspecified atom stereocenters. The Balaban J connectivity index is 1.91. The van der Waals surface area contributed by atoms with E-state index >= 15 is 0 Å². The molecule has 0 radical (unpaired) electrons. The summed E-state index contributed by atoms with van der Waals surface area (Å²) in [6, 6.07) is 9.89. The molecule has 0 bridgehead atoms. The number of nitrogens with two attached hydrogens (primary N) is 1. The van der Waals surface area contributed by atoms with Crippen LogP contribution in [0.25, 0.3) is 11.1 Å². The zero-order valence-corrected chi connectivity index (χ0v) is 18.2. The first kappa shape index (κ1) is 23.4. The van der Waals surface area contributed by atoms with Gasteiger partial charge in [0.15, 0.2) is 0 Å². The van der Waals surface area contributed by atoms with Crippen molar-refractivity contribution in [2.45, 2.75) is 50.6 Å². The average Bonchev–Trinajstić information content (AvgIpc) is 2.69. The second-order valence-corrected chi connectivity index (χ2v) is 9.15. The van der Waals surface area contributed by atoms with Gasteiger partial charge < -0.3 is 14.2 Å². The molecular weight excluding hydrogens is 428 g/mol. The average molecular weight is 456 g/mol. The van der Waals surface area contributed by atoms with E-state index in [1.165, 1.54) is 6.07 Å². The fourth-order valence-corrected chi connectivity index (χ4v) is 4.50. The number of rotatable bonds is 11. The van der Waals surface area contributed by atoms with E-state index < -0.39 is 16.6 Å². The fourth-order valence-electron chi connectivity index (χ4n) is 3.86. The third kappa shape index (κ3) is 6.38. The molecule has 0 aliphatic carbocycles. The SMILES string of the molecule is COCCCCCCC1Oc2cccc(OC(F)F)c2-c2ccc(CS(N)(=O)=O)cc21. The van der Waals surface area contributed by atoms with Crippen molar-refractivity contribution in [2.75, 3.05) is 13.7 Å². The van der Waals surface area contributed by atoms with Crippen LogP contribution < -0.4 is 14.6 Å². The van der Waals surface area contributed by atoms with Gasteiger partial charge in [-0.2, -0.15) is 8.78 Å². The van der Waals surface area contributed by atoms with E-state index in [-0.39, 0.29) is 17.6 Å². The summed E-state index contributed by atoms with van der Waals surface area (Å²) in [5.74, 6) is 0.173. The molecule has 6 nitrogen and oxygen atoms in total. The van der Waals surface area contributed by atoms with Crippen LogP contribution in [0.2, 0.25) is 0 Å². The number of benzene rings is 2. The maximum atomic E-state index is 12.9. The Hall–Kier alpha value is -2.23. The zero-order chi connectivity index (χ0) is 22.4. The van der Waals surface area contributed by atoms with Gasteiger partial charge in [-0.3, -0.25) is 0 Å². The fraction of sp³-hybridized carbons (Fsp3) is 0.455. The molecule has 1 aliphatic heterocycles. The smallest absolute Gasteiger partial charge is 0.387 e. The standard InChI is InChI=1S/C22H27F2NO5S/c1-28-12-5-3-2-4-7-18-17-13-15(14-31(25,26)27)10-11-16(17)21-19(29-18)8-6-9-20(21)30-22(23)24/h6,8-11,13,18,22H,2-5,7,12,14H2,1H3,(H2,25,26,27). The van der Waals surface area contributed by atoms with Gasteiger partial charge in [0.1, 0.15) is 17.6 Å². The van der Waals surface area contributed by atoms with Gasteiger partial charge in [-0.1, -0.05) is 37.1 Å². The minimum atomic E-state index is -3.71. The van der Waals surface area contributed by atoms with Crippen LogP contribution in [0.4, 0.5) is 8.78 Å². The molecule has 2 N–H and O–H groups in total. The molecule has 0 aromatic heterocycles. The summed E-state index contributed by atoms with van der Waals surface area (Å²) in [6.07, 6.45) is 4.29. The van der Waals surface area contributed by atoms with Gasteiger partial charge in [-0.25, -0.2) is 13.6 Å². The van der Waals surface area contributed by atoms with Gasteiger partial charge >= 0.3 is 6.61 Å². The number of methoxy groups -OCH3 is 1. The highest BCUT2D eigenvalue weighted by molar-refractivity contribution is 7.88. The van der Waals surface area contributed by atoms with E-state index in [0.29, 0.717) is 28.9 Å². The summed E-state index contributed by atoms with van der Waals surface area (Å²) in [7, 11) is -2.04. The molecule has 2 aromatic rings. The highest BCUT2D eigenvalue weighted by Gasteiger charge is 2.29. The Morgan fingerprint density at radius 2 is 1.90 bits per heavy atom. The molecule has 3 rings (SSSR count). The van der Waals surface area contributed by atoms with E-state index in [1.54, 1.807) is 37.4 Å². The number of hydrogen-bond acceptors (Lipinski definition) is 5. The zero-order valence-electron chi connectivity index (χ0n) is 17.4. The highest BCUT2D eigenvalue weighted by atomic mass is 32.2. The number of ether oxygens (including phenoxy) is 3. The maximum Gasteiger partial charge on any atom is 0.387 e. The van der Waals surface area contributed by atoms with Crippen LogP contribution in [0.5, 0.6) is 11.5 Å². The third-order valence-corrected chi connectivity index (χ3v) is 5.87. The van der Waals surface area contributed by atoms with E-state index in [0.717, 1.165) is 37.9 Å². The minimum Gasteiger partial charge on any atom is -0.485 e. The second-order valence-electron chi connectivity index (χ2n) is 7.54. The highest BCUT2D eigenvalue weighted by Crippen LogP contribution is 2.49. The van der Waals surface area contributed by atoms with Crippen molar-refractivity contribution in [1.29, 1.82) is 0 Å². The van der Waals surface area contributed by atoms with Crippen molar-refractivity contribution in [1.82, 2.24) is 0 Å². The molecule has 0 fully saturated rings. The molecule has 0 amide bonds. The Morgan fingerprint density at radius 1 is 1.13 bits per heavy atom. The molecule has 1 heterocycles. The summed E-state index contributed by atoms with van der Waals surface area (Å²) >= 11 is 0. The number of sulfonamides is 1. The van der Waals surface area contributed by atoms with Crippen molar-refractivity contribution in [3.8, 4) is 22.6 Å². The lowest BCUT2D eigenvalue weighted by Crippen LogP contribution is -2.18. The number of halogens is 2. The molecule has 9 heteroatoms. The number of primary sulfonamides is 1. The topological polar surface area (TPSA) is 87.8 Å². The molecule has 1 atom stereocenters. The van der Waals surface area contributed by atoms with Gasteiger partial charge in [0, 0.05) is 19.3 Å². The number of alkyl halides is 2. The Bertz CT molecular complexity index is 997. The first-order valence-corrected chi connectivity index (χ1v) is 11.9. The second kappa shape index (κ2) is 10.4. The predicted molar refractivity (Wildman–Crippen MR) is 114 cm³/mol. The molecule has 170 valence electrons. The van der Waals surface area contributed by atoms with Crippen LogP contribution in [0.1, 0.15) is 49.3 Å². The van der Waals surface area contributed by atoms with E-state index in [2.05, 4.69) is 0 Å². The predicted octanol–water partition coefficient (Wildman–Crippen LogP) is 4.77. The quantitative estimate of drug-likeness (QED) is 0.493. The molecule has 31 heavy (non-hydrogen) atoms. The Morgan fingerprint density at radius 3 is 2.61 bits per heavy atom. The van der Waals surface area contributed by atoms with Gasteiger partial charge in [0.25, 0.3) is 0 Å². The monoisotopic (exact) mass is 455 g/mol. The van der Waals surface area contributed by atoms with Gasteiger partial charge in [-0.15, -0.1) is 0 Å². The van der Waals surface area contributed by atoms with Crippen molar-refractivity contribution in [2.24, 2.45) is 5.14 Å². The first-order chi connectivity index (χ1) is 14.8. The molecule has 0 saturated heterocycles. The van der Waals surface area contributed by atoms with Gasteiger partial charge in [0.2, 0.25) is 10.0 Å². The molecule has 2 aromatic carbocycles. The van der Waals surface area contributed by atoms with Crippen LogP contribution in [-0.4, -0.2) is 28.7 Å². The van der Waals surface area contributed by atoms with E-state index in [4.69, 9.17) is 19.3 Å². The molecule has 0 saturated carbocycles. The molecular formula is C22H27F2NO5S.